The predicted molar refractivity (Wildman–Crippen MR) is 83.8 cm³/mol. The van der Waals surface area contributed by atoms with Crippen LogP contribution >= 0.6 is 11.6 Å². The number of nitro benzene ring substituents is 1. The van der Waals surface area contributed by atoms with Crippen molar-refractivity contribution < 1.29 is 9.72 Å². The summed E-state index contributed by atoms with van der Waals surface area (Å²) in [5.74, 6) is -0.231. The minimum absolute atomic E-state index is 0.117. The van der Waals surface area contributed by atoms with Crippen LogP contribution in [0.25, 0.3) is 0 Å². The Hall–Kier alpha value is -1.62. The van der Waals surface area contributed by atoms with Gasteiger partial charge in [0.25, 0.3) is 11.6 Å². The summed E-state index contributed by atoms with van der Waals surface area (Å²) in [6.07, 6.45) is 3.78. The molecule has 0 N–H and O–H groups in total. The number of hydrogen-bond acceptors (Lipinski definition) is 3. The van der Waals surface area contributed by atoms with Gasteiger partial charge in [0.2, 0.25) is 0 Å². The van der Waals surface area contributed by atoms with Crippen molar-refractivity contribution in [2.45, 2.75) is 39.5 Å². The van der Waals surface area contributed by atoms with Crippen molar-refractivity contribution in [1.29, 1.82) is 0 Å². The molecule has 5 nitrogen and oxygen atoms in total. The molecule has 0 radical (unpaired) electrons. The van der Waals surface area contributed by atoms with E-state index in [1.807, 2.05) is 0 Å². The van der Waals surface area contributed by atoms with Gasteiger partial charge in [-0.2, -0.15) is 0 Å². The molecule has 6 heteroatoms. The Bertz CT molecular complexity index is 498. The van der Waals surface area contributed by atoms with Crippen LogP contribution in [-0.2, 0) is 0 Å². The predicted octanol–water partition coefficient (Wildman–Crippen LogP) is 4.29. The van der Waals surface area contributed by atoms with Gasteiger partial charge in [-0.15, -0.1) is 0 Å². The molecule has 0 aliphatic carbocycles. The molecule has 0 saturated heterocycles. The first kappa shape index (κ1) is 17.4. The van der Waals surface area contributed by atoms with Crippen LogP contribution in [0, 0.1) is 10.1 Å². The summed E-state index contributed by atoms with van der Waals surface area (Å²) >= 11 is 6.04. The van der Waals surface area contributed by atoms with Crippen LogP contribution in [0.2, 0.25) is 5.02 Å². The van der Waals surface area contributed by atoms with E-state index in [1.165, 1.54) is 18.2 Å². The van der Waals surface area contributed by atoms with Crippen LogP contribution in [-0.4, -0.2) is 28.8 Å². The fourth-order valence-electron chi connectivity index (χ4n) is 1.97. The number of hydrogen-bond donors (Lipinski definition) is 0. The molecular formula is C15H21ClN2O3. The Balaban J connectivity index is 3.00. The molecule has 1 aromatic carbocycles. The average molecular weight is 313 g/mol. The smallest absolute Gasteiger partial charge is 0.270 e. The monoisotopic (exact) mass is 312 g/mol. The van der Waals surface area contributed by atoms with E-state index >= 15 is 0 Å². The lowest BCUT2D eigenvalue weighted by molar-refractivity contribution is -0.384. The molecule has 0 fully saturated rings. The second-order valence-corrected chi connectivity index (χ2v) is 5.33. The zero-order chi connectivity index (χ0) is 15.8. The normalized spacial score (nSPS) is 10.4. The van der Waals surface area contributed by atoms with Gasteiger partial charge in [0.05, 0.1) is 15.5 Å². The van der Waals surface area contributed by atoms with E-state index in [0.29, 0.717) is 13.1 Å². The summed E-state index contributed by atoms with van der Waals surface area (Å²) in [5.41, 5.74) is 0.0896. The highest BCUT2D eigenvalue weighted by Gasteiger charge is 2.20. The quantitative estimate of drug-likeness (QED) is 0.531. The summed E-state index contributed by atoms with van der Waals surface area (Å²) in [7, 11) is 0. The van der Waals surface area contributed by atoms with Gasteiger partial charge in [0, 0.05) is 25.2 Å². The molecule has 0 aliphatic rings. The molecule has 1 aromatic rings. The minimum Gasteiger partial charge on any atom is -0.339 e. The molecule has 0 unspecified atom stereocenters. The lowest BCUT2D eigenvalue weighted by atomic mass is 10.1. The molecule has 1 amide bonds. The van der Waals surface area contributed by atoms with Crippen molar-refractivity contribution in [3.8, 4) is 0 Å². The van der Waals surface area contributed by atoms with E-state index in [-0.39, 0.29) is 22.2 Å². The van der Waals surface area contributed by atoms with E-state index in [0.717, 1.165) is 25.7 Å². The number of rotatable bonds is 8. The van der Waals surface area contributed by atoms with Gasteiger partial charge in [0.1, 0.15) is 0 Å². The Labute approximate surface area is 130 Å². The third-order valence-corrected chi connectivity index (χ3v) is 3.57. The van der Waals surface area contributed by atoms with Crippen molar-refractivity contribution >= 4 is 23.2 Å². The summed E-state index contributed by atoms with van der Waals surface area (Å²) in [6, 6.07) is 3.97. The Morgan fingerprint density at radius 3 is 2.29 bits per heavy atom. The number of amides is 1. The Morgan fingerprint density at radius 1 is 1.24 bits per heavy atom. The van der Waals surface area contributed by atoms with Crippen molar-refractivity contribution in [3.63, 3.8) is 0 Å². The van der Waals surface area contributed by atoms with Gasteiger partial charge in [0.15, 0.2) is 0 Å². The number of benzene rings is 1. The van der Waals surface area contributed by atoms with Crippen LogP contribution in [0.15, 0.2) is 18.2 Å². The first-order valence-electron chi connectivity index (χ1n) is 7.24. The van der Waals surface area contributed by atoms with E-state index in [4.69, 9.17) is 11.6 Å². The summed E-state index contributed by atoms with van der Waals surface area (Å²) in [5, 5.41) is 11.1. The summed E-state index contributed by atoms with van der Waals surface area (Å²) in [6.45, 7) is 5.41. The molecule has 116 valence electrons. The van der Waals surface area contributed by atoms with Gasteiger partial charge in [-0.3, -0.25) is 14.9 Å². The first-order chi connectivity index (χ1) is 10.0. The fourth-order valence-corrected chi connectivity index (χ4v) is 2.17. The highest BCUT2D eigenvalue weighted by Crippen LogP contribution is 2.23. The molecule has 0 heterocycles. The first-order valence-corrected chi connectivity index (χ1v) is 7.62. The number of nitrogens with zero attached hydrogens (tertiary/aromatic N) is 2. The van der Waals surface area contributed by atoms with Crippen LogP contribution in [0.3, 0.4) is 0 Å². The van der Waals surface area contributed by atoms with E-state index in [2.05, 4.69) is 13.8 Å². The number of nitro groups is 1. The van der Waals surface area contributed by atoms with Gasteiger partial charge < -0.3 is 4.90 Å². The molecule has 0 saturated carbocycles. The van der Waals surface area contributed by atoms with Crippen LogP contribution < -0.4 is 0 Å². The lowest BCUT2D eigenvalue weighted by Gasteiger charge is -2.22. The van der Waals surface area contributed by atoms with Gasteiger partial charge >= 0.3 is 0 Å². The van der Waals surface area contributed by atoms with Crippen LogP contribution in [0.4, 0.5) is 5.69 Å². The second-order valence-electron chi connectivity index (χ2n) is 4.92. The van der Waals surface area contributed by atoms with Crippen molar-refractivity contribution in [1.82, 2.24) is 4.90 Å². The summed E-state index contributed by atoms with van der Waals surface area (Å²) < 4.78 is 0. The third-order valence-electron chi connectivity index (χ3n) is 3.24. The topological polar surface area (TPSA) is 63.5 Å². The zero-order valence-electron chi connectivity index (χ0n) is 12.5. The molecule has 0 atom stereocenters. The number of unbranched alkanes of at least 4 members (excludes halogenated alkanes) is 2. The van der Waals surface area contributed by atoms with Crippen molar-refractivity contribution in [2.75, 3.05) is 13.1 Å². The molecule has 0 aliphatic heterocycles. The molecule has 1 rings (SSSR count). The maximum atomic E-state index is 12.6. The number of carbonyl (C=O) groups is 1. The van der Waals surface area contributed by atoms with Gasteiger partial charge in [-0.25, -0.2) is 0 Å². The third kappa shape index (κ3) is 5.01. The molecule has 21 heavy (non-hydrogen) atoms. The van der Waals surface area contributed by atoms with Gasteiger partial charge in [-0.1, -0.05) is 38.3 Å². The average Bonchev–Trinajstić information content (AvgIpc) is 2.47. The van der Waals surface area contributed by atoms with Crippen molar-refractivity contribution in [3.05, 3.63) is 38.9 Å². The fraction of sp³-hybridized carbons (Fsp3) is 0.533. The van der Waals surface area contributed by atoms with E-state index < -0.39 is 4.92 Å². The number of halogens is 1. The zero-order valence-corrected chi connectivity index (χ0v) is 13.2. The number of carbonyl (C=O) groups excluding carboxylic acids is 1. The maximum Gasteiger partial charge on any atom is 0.270 e. The Kier molecular flexibility index (Phi) is 7.15. The van der Waals surface area contributed by atoms with E-state index in [9.17, 15) is 14.9 Å². The maximum absolute atomic E-state index is 12.6. The lowest BCUT2D eigenvalue weighted by Crippen LogP contribution is -2.33. The van der Waals surface area contributed by atoms with Crippen LogP contribution in [0.1, 0.15) is 49.9 Å². The molecule has 0 aromatic heterocycles. The standard InChI is InChI=1S/C15H21ClN2O3/c1-3-5-9-17(10-6-4-2)15(19)13-11-12(18(20)21)7-8-14(13)16/h7-8,11H,3-6,9-10H2,1-2H3. The number of non-ortho nitro benzene ring substituents is 1. The van der Waals surface area contributed by atoms with Gasteiger partial charge in [-0.05, 0) is 18.9 Å². The van der Waals surface area contributed by atoms with Crippen LogP contribution in [0.5, 0.6) is 0 Å². The molecular weight excluding hydrogens is 292 g/mol. The largest absolute Gasteiger partial charge is 0.339 e. The molecule has 0 spiro atoms. The minimum atomic E-state index is -0.518. The molecule has 0 bridgehead atoms. The van der Waals surface area contributed by atoms with E-state index in [1.54, 1.807) is 4.90 Å². The second kappa shape index (κ2) is 8.62. The SMILES string of the molecule is CCCCN(CCCC)C(=O)c1cc([N+](=O)[O-])ccc1Cl. The summed E-state index contributed by atoms with van der Waals surface area (Å²) in [4.78, 5) is 24.6. The Morgan fingerprint density at radius 2 is 1.81 bits per heavy atom. The highest BCUT2D eigenvalue weighted by molar-refractivity contribution is 6.33. The van der Waals surface area contributed by atoms with Crippen molar-refractivity contribution in [2.24, 2.45) is 0 Å². The highest BCUT2D eigenvalue weighted by atomic mass is 35.5.